The Kier molecular flexibility index (Phi) is 2.64. The molecule has 0 atom stereocenters. The quantitative estimate of drug-likeness (QED) is 0.817. The summed E-state index contributed by atoms with van der Waals surface area (Å²) >= 11 is 0. The first-order valence-corrected chi connectivity index (χ1v) is 6.10. The fourth-order valence-corrected chi connectivity index (χ4v) is 2.70. The molecule has 17 heavy (non-hydrogen) atoms. The maximum absolute atomic E-state index is 6.19. The number of aromatic nitrogens is 2. The molecule has 0 saturated carbocycles. The van der Waals surface area contributed by atoms with Crippen LogP contribution in [0.4, 0.5) is 5.69 Å². The van der Waals surface area contributed by atoms with Crippen molar-refractivity contribution in [3.63, 3.8) is 0 Å². The molecule has 0 bridgehead atoms. The molecule has 92 valence electrons. The second-order valence-corrected chi connectivity index (χ2v) is 5.09. The summed E-state index contributed by atoms with van der Waals surface area (Å²) in [6, 6.07) is 0.425. The van der Waals surface area contributed by atoms with Crippen LogP contribution < -0.4 is 5.73 Å². The summed E-state index contributed by atoms with van der Waals surface area (Å²) in [5.74, 6) is 0. The zero-order valence-electron chi connectivity index (χ0n) is 11.5. The van der Waals surface area contributed by atoms with Gasteiger partial charge in [0.1, 0.15) is 0 Å². The summed E-state index contributed by atoms with van der Waals surface area (Å²) in [7, 11) is 0. The van der Waals surface area contributed by atoms with Gasteiger partial charge in [0.05, 0.1) is 22.6 Å². The first-order valence-electron chi connectivity index (χ1n) is 6.10. The predicted molar refractivity (Wildman–Crippen MR) is 73.5 cm³/mol. The van der Waals surface area contributed by atoms with Crippen molar-refractivity contribution in [2.45, 2.75) is 47.6 Å². The van der Waals surface area contributed by atoms with Crippen LogP contribution in [0.15, 0.2) is 0 Å². The Labute approximate surface area is 103 Å². The van der Waals surface area contributed by atoms with Crippen LogP contribution in [0.25, 0.3) is 10.9 Å². The normalized spacial score (nSPS) is 11.7. The molecule has 2 N–H and O–H groups in total. The Hall–Kier alpha value is -1.51. The first-order chi connectivity index (χ1) is 7.86. The Morgan fingerprint density at radius 2 is 1.65 bits per heavy atom. The minimum atomic E-state index is 0.425. The minimum Gasteiger partial charge on any atom is -0.397 e. The van der Waals surface area contributed by atoms with Gasteiger partial charge >= 0.3 is 0 Å². The van der Waals surface area contributed by atoms with Crippen molar-refractivity contribution < 1.29 is 0 Å². The number of pyridine rings is 1. The van der Waals surface area contributed by atoms with Crippen LogP contribution >= 0.6 is 0 Å². The molecule has 2 rings (SSSR count). The fourth-order valence-electron chi connectivity index (χ4n) is 2.70. The van der Waals surface area contributed by atoms with E-state index in [0.717, 1.165) is 17.1 Å². The van der Waals surface area contributed by atoms with Gasteiger partial charge in [0, 0.05) is 17.1 Å². The van der Waals surface area contributed by atoms with Gasteiger partial charge in [-0.15, -0.1) is 0 Å². The third kappa shape index (κ3) is 1.53. The smallest absolute Gasteiger partial charge is 0.0724 e. The topological polar surface area (TPSA) is 43.8 Å². The third-order valence-electron chi connectivity index (χ3n) is 3.61. The van der Waals surface area contributed by atoms with Crippen LogP contribution in [0.3, 0.4) is 0 Å². The van der Waals surface area contributed by atoms with Crippen LogP contribution in [-0.4, -0.2) is 9.55 Å². The molecule has 0 spiro atoms. The van der Waals surface area contributed by atoms with Gasteiger partial charge in [-0.3, -0.25) is 4.98 Å². The van der Waals surface area contributed by atoms with Crippen LogP contribution in [-0.2, 0) is 0 Å². The van der Waals surface area contributed by atoms with E-state index in [1.54, 1.807) is 0 Å². The molecule has 2 aromatic heterocycles. The van der Waals surface area contributed by atoms with Crippen molar-refractivity contribution in [1.82, 2.24) is 9.55 Å². The highest BCUT2D eigenvalue weighted by molar-refractivity contribution is 5.97. The van der Waals surface area contributed by atoms with E-state index in [2.05, 4.69) is 44.2 Å². The minimum absolute atomic E-state index is 0.425. The number of nitrogens with two attached hydrogens (primary N) is 1. The highest BCUT2D eigenvalue weighted by atomic mass is 15.0. The van der Waals surface area contributed by atoms with E-state index in [1.165, 1.54) is 22.2 Å². The van der Waals surface area contributed by atoms with E-state index in [-0.39, 0.29) is 0 Å². The van der Waals surface area contributed by atoms with Crippen molar-refractivity contribution in [3.05, 3.63) is 22.6 Å². The number of nitrogens with zero attached hydrogens (tertiary/aromatic N) is 2. The molecule has 3 nitrogen and oxygen atoms in total. The number of anilines is 1. The van der Waals surface area contributed by atoms with Gasteiger partial charge in [-0.1, -0.05) is 0 Å². The van der Waals surface area contributed by atoms with E-state index >= 15 is 0 Å². The van der Waals surface area contributed by atoms with Crippen molar-refractivity contribution in [2.24, 2.45) is 0 Å². The van der Waals surface area contributed by atoms with Crippen LogP contribution in [0.2, 0.25) is 0 Å². The number of nitrogen functional groups attached to an aromatic ring is 1. The van der Waals surface area contributed by atoms with E-state index in [9.17, 15) is 0 Å². The maximum Gasteiger partial charge on any atom is 0.0724 e. The molecule has 0 aliphatic carbocycles. The van der Waals surface area contributed by atoms with E-state index < -0.39 is 0 Å². The molecule has 0 fully saturated rings. The van der Waals surface area contributed by atoms with Crippen molar-refractivity contribution >= 4 is 16.6 Å². The zero-order valence-corrected chi connectivity index (χ0v) is 11.5. The van der Waals surface area contributed by atoms with Gasteiger partial charge in [-0.05, 0) is 47.1 Å². The van der Waals surface area contributed by atoms with Gasteiger partial charge in [-0.25, -0.2) is 0 Å². The van der Waals surface area contributed by atoms with Gasteiger partial charge < -0.3 is 10.3 Å². The summed E-state index contributed by atoms with van der Waals surface area (Å²) in [4.78, 5) is 4.55. The summed E-state index contributed by atoms with van der Waals surface area (Å²) in [6.45, 7) is 12.7. The Balaban J connectivity index is 3.05. The van der Waals surface area contributed by atoms with Crippen molar-refractivity contribution in [3.8, 4) is 0 Å². The fraction of sp³-hybridized carbons (Fsp3) is 0.500. The van der Waals surface area contributed by atoms with Crippen molar-refractivity contribution in [1.29, 1.82) is 0 Å². The summed E-state index contributed by atoms with van der Waals surface area (Å²) in [5.41, 5.74) is 12.8. The number of rotatable bonds is 1. The Bertz CT molecular complexity index is 592. The molecule has 0 aromatic carbocycles. The molecule has 0 aliphatic rings. The number of hydrogen-bond donors (Lipinski definition) is 1. The molecule has 0 saturated heterocycles. The third-order valence-corrected chi connectivity index (χ3v) is 3.61. The zero-order chi connectivity index (χ0) is 12.9. The van der Waals surface area contributed by atoms with Gasteiger partial charge in [0.25, 0.3) is 0 Å². The number of aryl methyl sites for hydroxylation is 3. The lowest BCUT2D eigenvalue weighted by molar-refractivity contribution is 0.604. The second-order valence-electron chi connectivity index (χ2n) is 5.09. The number of hydrogen-bond acceptors (Lipinski definition) is 2. The Morgan fingerprint density at radius 1 is 1.06 bits per heavy atom. The summed E-state index contributed by atoms with van der Waals surface area (Å²) in [5, 5.41) is 1.18. The summed E-state index contributed by atoms with van der Waals surface area (Å²) < 4.78 is 2.34. The molecule has 0 radical (unpaired) electrons. The average Bonchev–Trinajstić information content (AvgIpc) is 2.50. The average molecular weight is 231 g/mol. The van der Waals surface area contributed by atoms with Gasteiger partial charge in [-0.2, -0.15) is 0 Å². The maximum atomic E-state index is 6.19. The SMILES string of the molecule is Cc1nc(C)c2c(c(C)c(C)n2C(C)C)c1N. The molecular weight excluding hydrogens is 210 g/mol. The van der Waals surface area contributed by atoms with E-state index in [1.807, 2.05) is 6.92 Å². The molecule has 0 amide bonds. The molecular formula is C14H21N3. The summed E-state index contributed by atoms with van der Waals surface area (Å²) in [6.07, 6.45) is 0. The van der Waals surface area contributed by atoms with Crippen LogP contribution in [0.1, 0.15) is 42.5 Å². The lowest BCUT2D eigenvalue weighted by atomic mass is 10.1. The largest absolute Gasteiger partial charge is 0.397 e. The molecule has 0 aliphatic heterocycles. The lowest BCUT2D eigenvalue weighted by Crippen LogP contribution is -2.05. The molecule has 3 heteroatoms. The van der Waals surface area contributed by atoms with E-state index in [0.29, 0.717) is 6.04 Å². The number of fused-ring (bicyclic) bond motifs is 1. The molecule has 2 aromatic rings. The second kappa shape index (κ2) is 3.76. The molecule has 2 heterocycles. The van der Waals surface area contributed by atoms with Crippen LogP contribution in [0, 0.1) is 27.7 Å². The molecule has 0 unspecified atom stereocenters. The van der Waals surface area contributed by atoms with E-state index in [4.69, 9.17) is 5.73 Å². The Morgan fingerprint density at radius 3 is 2.18 bits per heavy atom. The predicted octanol–water partition coefficient (Wildman–Crippen LogP) is 3.43. The van der Waals surface area contributed by atoms with Crippen LogP contribution in [0.5, 0.6) is 0 Å². The highest BCUT2D eigenvalue weighted by Crippen LogP contribution is 2.34. The first kappa shape index (κ1) is 12.0. The highest BCUT2D eigenvalue weighted by Gasteiger charge is 2.18. The standard InChI is InChI=1S/C14H21N3/c1-7(2)17-11(6)8(3)12-13(15)9(4)16-10(5)14(12)17/h7H,15H2,1-6H3. The van der Waals surface area contributed by atoms with Gasteiger partial charge in [0.2, 0.25) is 0 Å². The van der Waals surface area contributed by atoms with Crippen molar-refractivity contribution in [2.75, 3.05) is 5.73 Å². The lowest BCUT2D eigenvalue weighted by Gasteiger charge is -2.14. The van der Waals surface area contributed by atoms with Gasteiger partial charge in [0.15, 0.2) is 0 Å². The monoisotopic (exact) mass is 231 g/mol.